The summed E-state index contributed by atoms with van der Waals surface area (Å²) < 4.78 is 10.9. The number of hydrogen-bond acceptors (Lipinski definition) is 3. The van der Waals surface area contributed by atoms with Gasteiger partial charge in [-0.05, 0) is 0 Å². The number of nitrogens with zero attached hydrogens (tertiary/aromatic N) is 1. The van der Waals surface area contributed by atoms with Gasteiger partial charge >= 0.3 is 7.60 Å². The van der Waals surface area contributed by atoms with Crippen LogP contribution in [0.15, 0.2) is 0 Å². The minimum atomic E-state index is -4.11. The monoisotopic (exact) mass is 209 g/mol. The third-order valence-corrected chi connectivity index (χ3v) is 4.84. The molecule has 0 aromatic heterocycles. The highest BCUT2D eigenvalue weighted by molar-refractivity contribution is 8.00. The Kier molecular flexibility index (Phi) is 1.77. The molecule has 2 rings (SSSR count). The first-order valence-corrected chi connectivity index (χ1v) is 6.21. The van der Waals surface area contributed by atoms with E-state index in [1.54, 1.807) is 0 Å². The van der Waals surface area contributed by atoms with E-state index in [1.165, 1.54) is 16.7 Å². The van der Waals surface area contributed by atoms with Crippen molar-refractivity contribution in [1.29, 1.82) is 0 Å². The van der Waals surface area contributed by atoms with Crippen molar-refractivity contribution in [1.82, 2.24) is 4.90 Å². The Morgan fingerprint density at radius 1 is 1.58 bits per heavy atom. The molecule has 2 unspecified atom stereocenters. The van der Waals surface area contributed by atoms with E-state index in [9.17, 15) is 9.36 Å². The van der Waals surface area contributed by atoms with Gasteiger partial charge in [0.1, 0.15) is 5.78 Å². The fourth-order valence-corrected chi connectivity index (χ4v) is 4.41. The molecule has 0 spiro atoms. The van der Waals surface area contributed by atoms with Crippen molar-refractivity contribution in [2.45, 2.75) is 17.6 Å². The fourth-order valence-electron chi connectivity index (χ4n) is 1.44. The van der Waals surface area contributed by atoms with E-state index in [-0.39, 0.29) is 11.3 Å². The lowest BCUT2D eigenvalue weighted by Gasteiger charge is -2.37. The Bertz CT molecular complexity index is 277. The lowest BCUT2D eigenvalue weighted by atomic mass is 10.2. The third kappa shape index (κ3) is 1.10. The SMILES string of the molecule is O=C1CC2SCC(P(=O)(O)O)N12. The molecule has 0 saturated carbocycles. The van der Waals surface area contributed by atoms with Gasteiger partial charge in [0.15, 0.2) is 0 Å². The summed E-state index contributed by atoms with van der Waals surface area (Å²) in [5, 5.41) is 0.0233. The van der Waals surface area contributed by atoms with E-state index in [0.29, 0.717) is 12.2 Å². The summed E-state index contributed by atoms with van der Waals surface area (Å²) in [6, 6.07) is 0. The molecule has 12 heavy (non-hydrogen) atoms. The summed E-state index contributed by atoms with van der Waals surface area (Å²) in [6.45, 7) is 0. The van der Waals surface area contributed by atoms with Crippen LogP contribution in [0.5, 0.6) is 0 Å². The molecular formula is C5H8NO4PS. The zero-order valence-corrected chi connectivity index (χ0v) is 7.79. The van der Waals surface area contributed by atoms with Crippen molar-refractivity contribution in [2.75, 3.05) is 5.75 Å². The molecule has 0 aliphatic carbocycles. The molecule has 2 N–H and O–H groups in total. The predicted molar refractivity (Wildman–Crippen MR) is 43.5 cm³/mol. The number of β-lactam (4-membered cyclic amide) rings is 1. The maximum absolute atomic E-state index is 10.9. The van der Waals surface area contributed by atoms with Gasteiger partial charge < -0.3 is 14.7 Å². The van der Waals surface area contributed by atoms with E-state index >= 15 is 0 Å². The normalized spacial score (nSPS) is 34.8. The molecule has 2 atom stereocenters. The van der Waals surface area contributed by atoms with Crippen LogP contribution in [-0.2, 0) is 9.36 Å². The average molecular weight is 209 g/mol. The van der Waals surface area contributed by atoms with Crippen molar-refractivity contribution in [2.24, 2.45) is 0 Å². The molecule has 5 nitrogen and oxygen atoms in total. The molecule has 0 aromatic rings. The van der Waals surface area contributed by atoms with Crippen LogP contribution in [0.2, 0.25) is 0 Å². The van der Waals surface area contributed by atoms with Crippen LogP contribution in [-0.4, -0.2) is 37.5 Å². The zero-order valence-electron chi connectivity index (χ0n) is 6.08. The van der Waals surface area contributed by atoms with Gasteiger partial charge in [0.05, 0.1) is 11.8 Å². The Morgan fingerprint density at radius 2 is 2.25 bits per heavy atom. The van der Waals surface area contributed by atoms with E-state index in [0.717, 1.165) is 0 Å². The molecule has 2 heterocycles. The summed E-state index contributed by atoms with van der Waals surface area (Å²) >= 11 is 1.44. The van der Waals surface area contributed by atoms with E-state index < -0.39 is 13.4 Å². The molecule has 0 bridgehead atoms. The number of hydrogen-bond donors (Lipinski definition) is 2. The fraction of sp³-hybridized carbons (Fsp3) is 0.800. The van der Waals surface area contributed by atoms with Crippen LogP contribution < -0.4 is 0 Å². The van der Waals surface area contributed by atoms with Crippen LogP contribution >= 0.6 is 19.4 Å². The summed E-state index contributed by atoms with van der Waals surface area (Å²) in [5.74, 6) is -0.646. The summed E-state index contributed by atoms with van der Waals surface area (Å²) in [6.07, 6.45) is 0.432. The Morgan fingerprint density at radius 3 is 2.67 bits per heavy atom. The van der Waals surface area contributed by atoms with Gasteiger partial charge in [-0.1, -0.05) is 0 Å². The number of fused-ring (bicyclic) bond motifs is 1. The maximum atomic E-state index is 10.9. The summed E-state index contributed by atoms with van der Waals surface area (Å²) in [7, 11) is -4.11. The number of rotatable bonds is 1. The highest BCUT2D eigenvalue weighted by Crippen LogP contribution is 2.53. The Hall–Kier alpha value is -0.0300. The van der Waals surface area contributed by atoms with Crippen LogP contribution in [0.4, 0.5) is 0 Å². The molecule has 0 aromatic carbocycles. The van der Waals surface area contributed by atoms with Gasteiger partial charge in [-0.2, -0.15) is 0 Å². The third-order valence-electron chi connectivity index (χ3n) is 2.09. The van der Waals surface area contributed by atoms with E-state index in [2.05, 4.69) is 0 Å². The minimum Gasteiger partial charge on any atom is -0.323 e. The summed E-state index contributed by atoms with van der Waals surface area (Å²) in [5.41, 5.74) is 0. The van der Waals surface area contributed by atoms with Gasteiger partial charge in [0.25, 0.3) is 0 Å². The first kappa shape index (κ1) is 8.56. The summed E-state index contributed by atoms with van der Waals surface area (Å²) in [4.78, 5) is 30.0. The standard InChI is InChI=1S/C5H8NO4PS/c7-3-1-5-6(3)4(2-12-5)11(8,9)10/h4-5H,1-2H2,(H2,8,9,10). The second-order valence-corrected chi connectivity index (χ2v) is 5.85. The Labute approximate surface area is 73.3 Å². The first-order valence-electron chi connectivity index (χ1n) is 3.48. The largest absolute Gasteiger partial charge is 0.348 e. The topological polar surface area (TPSA) is 77.8 Å². The van der Waals surface area contributed by atoms with Gasteiger partial charge in [0, 0.05) is 5.75 Å². The molecule has 7 heteroatoms. The lowest BCUT2D eigenvalue weighted by Crippen LogP contribution is -2.51. The van der Waals surface area contributed by atoms with E-state index in [4.69, 9.17) is 9.79 Å². The highest BCUT2D eigenvalue weighted by Gasteiger charge is 2.52. The van der Waals surface area contributed by atoms with Crippen LogP contribution in [0.25, 0.3) is 0 Å². The molecule has 2 aliphatic heterocycles. The van der Waals surface area contributed by atoms with Crippen molar-refractivity contribution in [3.8, 4) is 0 Å². The van der Waals surface area contributed by atoms with Crippen LogP contribution in [0.3, 0.4) is 0 Å². The van der Waals surface area contributed by atoms with Crippen molar-refractivity contribution in [3.63, 3.8) is 0 Å². The van der Waals surface area contributed by atoms with Crippen molar-refractivity contribution < 1.29 is 19.1 Å². The van der Waals surface area contributed by atoms with Crippen molar-refractivity contribution >= 4 is 25.3 Å². The quantitative estimate of drug-likeness (QED) is 0.461. The van der Waals surface area contributed by atoms with Crippen molar-refractivity contribution in [3.05, 3.63) is 0 Å². The molecular weight excluding hydrogens is 201 g/mol. The first-order chi connectivity index (χ1) is 5.50. The van der Waals surface area contributed by atoms with Gasteiger partial charge in [-0.25, -0.2) is 0 Å². The number of thioether (sulfide) groups is 1. The minimum absolute atomic E-state index is 0.0233. The zero-order chi connectivity index (χ0) is 8.93. The average Bonchev–Trinajstić information content (AvgIpc) is 2.24. The smallest absolute Gasteiger partial charge is 0.323 e. The Balaban J connectivity index is 2.20. The lowest BCUT2D eigenvalue weighted by molar-refractivity contribution is -0.141. The molecule has 1 amide bonds. The molecule has 2 aliphatic rings. The maximum Gasteiger partial charge on any atom is 0.348 e. The van der Waals surface area contributed by atoms with Gasteiger partial charge in [-0.3, -0.25) is 9.36 Å². The molecule has 2 saturated heterocycles. The molecule has 0 radical (unpaired) electrons. The predicted octanol–water partition coefficient (Wildman–Crippen LogP) is -0.205. The molecule has 2 fully saturated rings. The molecule has 68 valence electrons. The van der Waals surface area contributed by atoms with Crippen LogP contribution in [0.1, 0.15) is 6.42 Å². The number of carbonyl (C=O) groups is 1. The van der Waals surface area contributed by atoms with Gasteiger partial charge in [0.2, 0.25) is 5.91 Å². The van der Waals surface area contributed by atoms with Gasteiger partial charge in [-0.15, -0.1) is 11.8 Å². The second kappa shape index (κ2) is 2.48. The van der Waals surface area contributed by atoms with Crippen LogP contribution in [0, 0.1) is 0 Å². The number of carbonyl (C=O) groups excluding carboxylic acids is 1. The highest BCUT2D eigenvalue weighted by atomic mass is 32.2. The number of amides is 1. The second-order valence-electron chi connectivity index (χ2n) is 2.86. The van der Waals surface area contributed by atoms with E-state index in [1.807, 2.05) is 0 Å².